The summed E-state index contributed by atoms with van der Waals surface area (Å²) < 4.78 is 0. The lowest BCUT2D eigenvalue weighted by Crippen LogP contribution is -2.10. The van der Waals surface area contributed by atoms with Crippen LogP contribution in [0, 0.1) is 13.8 Å². The van der Waals surface area contributed by atoms with Gasteiger partial charge in [-0.1, -0.05) is 22.9 Å². The van der Waals surface area contributed by atoms with E-state index in [9.17, 15) is 29.7 Å². The average Bonchev–Trinajstić information content (AvgIpc) is 3.65. The second-order valence-corrected chi connectivity index (χ2v) is 12.8. The number of carboxylic acid groups (broad SMARTS) is 3. The van der Waals surface area contributed by atoms with Crippen molar-refractivity contribution in [3.8, 4) is 0 Å². The number of aryl methyl sites for hydroxylation is 2. The zero-order valence-corrected chi connectivity index (χ0v) is 26.8. The minimum Gasteiger partial charge on any atom is -0.481 e. The predicted octanol–water partition coefficient (Wildman–Crippen LogP) is 7.24. The number of aromatic amines is 2. The third-order valence-corrected chi connectivity index (χ3v) is 9.09. The minimum atomic E-state index is -1.20. The topological polar surface area (TPSA) is 169 Å². The van der Waals surface area contributed by atoms with Crippen LogP contribution in [0.5, 0.6) is 0 Å². The summed E-state index contributed by atoms with van der Waals surface area (Å²) >= 11 is 3.75. The van der Waals surface area contributed by atoms with Crippen LogP contribution in [0.15, 0.2) is 18.2 Å². The third-order valence-electron chi connectivity index (χ3n) is 8.63. The minimum absolute atomic E-state index is 0.0294. The highest BCUT2D eigenvalue weighted by Crippen LogP contribution is 2.38. The third kappa shape index (κ3) is 5.68. The summed E-state index contributed by atoms with van der Waals surface area (Å²) in [4.78, 5) is 53.1. The second kappa shape index (κ2) is 12.0. The van der Waals surface area contributed by atoms with Crippen molar-refractivity contribution in [3.63, 3.8) is 0 Å². The molecule has 2 aliphatic rings. The number of carboxylic acids is 3. The first kappa shape index (κ1) is 31.2. The lowest BCUT2D eigenvalue weighted by molar-refractivity contribution is -0.137. The van der Waals surface area contributed by atoms with E-state index in [2.05, 4.69) is 32.8 Å². The molecule has 0 saturated heterocycles. The Labute approximate surface area is 262 Å². The standard InChI is InChI=1S/C33H35BrN4O6/c1-6-20-14(2)23-13-26-29(17(5)34)15(3)22(37-26)10-19-9-18(7-8-27(39)40)31(35-19)21(11-28(41)42)32-30(33(43)44)16(4)24(38-32)12-25(20)36-23/h10,12-13,17-18,37-38H,6-9,11H2,1-5H3,(H,39,40)(H,41,42)(H,43,44)/t17?,18-/m0/s1. The molecule has 0 spiro atoms. The van der Waals surface area contributed by atoms with Gasteiger partial charge in [-0.05, 0) is 93.0 Å². The van der Waals surface area contributed by atoms with E-state index in [0.29, 0.717) is 41.0 Å². The molecule has 0 radical (unpaired) electrons. The van der Waals surface area contributed by atoms with Crippen LogP contribution in [-0.2, 0) is 22.4 Å². The van der Waals surface area contributed by atoms with Crippen LogP contribution in [-0.4, -0.2) is 53.2 Å². The molecule has 0 aromatic carbocycles. The molecule has 0 amide bonds. The fourth-order valence-electron chi connectivity index (χ4n) is 6.49. The SMILES string of the molecule is CCC1=C(C)c2cc3[nH]c(cc4nc(c(CC(=O)O)c5[nH]c(cc1n2)c(C)c5C(=O)O)[C@@H](CCC(=O)O)C4)c(C)c3C(C)Br. The van der Waals surface area contributed by atoms with Gasteiger partial charge in [0.25, 0.3) is 0 Å². The van der Waals surface area contributed by atoms with Crippen molar-refractivity contribution in [1.29, 1.82) is 0 Å². The molecule has 3 aromatic heterocycles. The highest BCUT2D eigenvalue weighted by molar-refractivity contribution is 9.09. The number of hydrogen-bond acceptors (Lipinski definition) is 5. The molecule has 5 heterocycles. The van der Waals surface area contributed by atoms with Gasteiger partial charge >= 0.3 is 17.9 Å². The van der Waals surface area contributed by atoms with Gasteiger partial charge in [0, 0.05) is 45.0 Å². The van der Waals surface area contributed by atoms with E-state index in [1.165, 1.54) is 0 Å². The van der Waals surface area contributed by atoms with Gasteiger partial charge in [0.15, 0.2) is 0 Å². The van der Waals surface area contributed by atoms with Crippen LogP contribution in [0.1, 0.15) is 106 Å². The van der Waals surface area contributed by atoms with Gasteiger partial charge in [-0.2, -0.15) is 0 Å². The first-order chi connectivity index (χ1) is 20.8. The highest BCUT2D eigenvalue weighted by atomic mass is 79.9. The lowest BCUT2D eigenvalue weighted by atomic mass is 9.92. The fraction of sp³-hybridized carbons (Fsp3) is 0.364. The largest absolute Gasteiger partial charge is 0.481 e. The maximum atomic E-state index is 12.7. The summed E-state index contributed by atoms with van der Waals surface area (Å²) in [6, 6.07) is 5.77. The van der Waals surface area contributed by atoms with Crippen molar-refractivity contribution < 1.29 is 29.7 Å². The van der Waals surface area contributed by atoms with Crippen molar-refractivity contribution >= 4 is 67.1 Å². The monoisotopic (exact) mass is 662 g/mol. The molecule has 0 aliphatic carbocycles. The molecule has 0 saturated carbocycles. The molecule has 230 valence electrons. The molecule has 44 heavy (non-hydrogen) atoms. The van der Waals surface area contributed by atoms with Crippen LogP contribution >= 0.6 is 15.9 Å². The highest BCUT2D eigenvalue weighted by Gasteiger charge is 2.29. The number of nitrogens with zero attached hydrogens (tertiary/aromatic N) is 2. The number of rotatable bonds is 8. The summed E-state index contributed by atoms with van der Waals surface area (Å²) in [6.07, 6.45) is 0.691. The summed E-state index contributed by atoms with van der Waals surface area (Å²) in [5.41, 5.74) is 9.73. The maximum absolute atomic E-state index is 12.7. The number of nitrogens with one attached hydrogen (secondary N) is 2. The number of halogens is 1. The summed E-state index contributed by atoms with van der Waals surface area (Å²) in [7, 11) is 0. The van der Waals surface area contributed by atoms with E-state index < -0.39 is 30.2 Å². The quantitative estimate of drug-likeness (QED) is 0.157. The van der Waals surface area contributed by atoms with Crippen LogP contribution in [0.3, 0.4) is 0 Å². The van der Waals surface area contributed by atoms with Gasteiger partial charge in [0.1, 0.15) is 0 Å². The molecule has 1 unspecified atom stereocenters. The number of alkyl halides is 1. The molecule has 2 atom stereocenters. The molecule has 3 aromatic rings. The van der Waals surface area contributed by atoms with Crippen LogP contribution in [0.4, 0.5) is 0 Å². The molecule has 2 aliphatic heterocycles. The van der Waals surface area contributed by atoms with E-state index in [4.69, 9.17) is 9.97 Å². The molecule has 11 heteroatoms. The molecule has 10 nitrogen and oxygen atoms in total. The Hall–Kier alpha value is -4.25. The van der Waals surface area contributed by atoms with Gasteiger partial charge in [-0.3, -0.25) is 14.6 Å². The number of carbonyl (C=O) groups is 3. The Balaban J connectivity index is 2.02. The van der Waals surface area contributed by atoms with Crippen LogP contribution in [0.2, 0.25) is 0 Å². The predicted molar refractivity (Wildman–Crippen MR) is 172 cm³/mol. The van der Waals surface area contributed by atoms with Crippen molar-refractivity contribution in [3.05, 3.63) is 68.8 Å². The number of hydrogen-bond donors (Lipinski definition) is 5. The summed E-state index contributed by atoms with van der Waals surface area (Å²) in [6.45, 7) is 9.84. The Morgan fingerprint density at radius 3 is 2.25 bits per heavy atom. The first-order valence-corrected chi connectivity index (χ1v) is 15.5. The van der Waals surface area contributed by atoms with E-state index in [0.717, 1.165) is 39.0 Å². The fourth-order valence-corrected chi connectivity index (χ4v) is 7.08. The maximum Gasteiger partial charge on any atom is 0.338 e. The van der Waals surface area contributed by atoms with E-state index in [-0.39, 0.29) is 34.3 Å². The number of allylic oxidation sites excluding steroid dienone is 2. The van der Waals surface area contributed by atoms with Gasteiger partial charge in [-0.25, -0.2) is 9.78 Å². The molecule has 8 bridgehead atoms. The van der Waals surface area contributed by atoms with Gasteiger partial charge < -0.3 is 25.3 Å². The smallest absolute Gasteiger partial charge is 0.338 e. The van der Waals surface area contributed by atoms with Crippen LogP contribution in [0.25, 0.3) is 33.2 Å². The number of fused-ring (bicyclic) bond motifs is 8. The number of aromatic nitrogens is 4. The Morgan fingerprint density at radius 1 is 0.955 bits per heavy atom. The molecule has 5 N–H and O–H groups in total. The number of aromatic carboxylic acids is 1. The molecule has 5 rings (SSSR count). The number of H-pyrrole nitrogens is 2. The summed E-state index contributed by atoms with van der Waals surface area (Å²) in [5.74, 6) is -3.74. The van der Waals surface area contributed by atoms with Gasteiger partial charge in [0.2, 0.25) is 0 Å². The first-order valence-electron chi connectivity index (χ1n) is 14.6. The van der Waals surface area contributed by atoms with Crippen molar-refractivity contribution in [2.45, 2.75) is 77.5 Å². The van der Waals surface area contributed by atoms with Gasteiger partial charge in [0.05, 0.1) is 34.6 Å². The van der Waals surface area contributed by atoms with Gasteiger partial charge in [-0.15, -0.1) is 0 Å². The van der Waals surface area contributed by atoms with E-state index in [1.54, 1.807) is 6.92 Å². The Kier molecular flexibility index (Phi) is 8.53. The van der Waals surface area contributed by atoms with Crippen molar-refractivity contribution in [2.75, 3.05) is 0 Å². The second-order valence-electron chi connectivity index (χ2n) is 11.5. The van der Waals surface area contributed by atoms with E-state index >= 15 is 0 Å². The Bertz CT molecular complexity index is 1920. The van der Waals surface area contributed by atoms with E-state index in [1.807, 2.05) is 39.0 Å². The lowest BCUT2D eigenvalue weighted by Gasteiger charge is -2.11. The average molecular weight is 664 g/mol. The van der Waals surface area contributed by atoms with Crippen LogP contribution < -0.4 is 0 Å². The molecule has 0 fully saturated rings. The van der Waals surface area contributed by atoms with Crippen molar-refractivity contribution in [1.82, 2.24) is 19.9 Å². The molecular weight excluding hydrogens is 628 g/mol. The number of aliphatic carboxylic acids is 2. The molecular formula is C33H35BrN4O6. The zero-order chi connectivity index (χ0) is 32.0. The zero-order valence-electron chi connectivity index (χ0n) is 25.3. The Morgan fingerprint density at radius 2 is 1.64 bits per heavy atom. The normalized spacial score (nSPS) is 15.5. The summed E-state index contributed by atoms with van der Waals surface area (Å²) in [5, 5.41) is 29.8. The van der Waals surface area contributed by atoms with Crippen molar-refractivity contribution in [2.24, 2.45) is 0 Å².